The van der Waals surface area contributed by atoms with E-state index >= 15 is 0 Å². The average molecular weight is 299 g/mol. The molecule has 0 aromatic heterocycles. The number of rotatable bonds is 3. The topological polar surface area (TPSA) is 75.6 Å². The zero-order chi connectivity index (χ0) is 14.6. The van der Waals surface area contributed by atoms with Gasteiger partial charge in [0.05, 0.1) is 6.61 Å². The lowest BCUT2D eigenvalue weighted by atomic mass is 10.2. The lowest BCUT2D eigenvalue weighted by molar-refractivity contribution is 0.192. The lowest BCUT2D eigenvalue weighted by Gasteiger charge is -2.12. The van der Waals surface area contributed by atoms with Gasteiger partial charge in [0.1, 0.15) is 17.3 Å². The molecule has 20 heavy (non-hydrogen) atoms. The summed E-state index contributed by atoms with van der Waals surface area (Å²) in [4.78, 5) is -0.418. The zero-order valence-electron chi connectivity index (χ0n) is 10.6. The van der Waals surface area contributed by atoms with Crippen LogP contribution in [0.2, 0.25) is 0 Å². The predicted octanol–water partition coefficient (Wildman–Crippen LogP) is 0.237. The highest BCUT2D eigenvalue weighted by Gasteiger charge is 2.25. The van der Waals surface area contributed by atoms with Gasteiger partial charge in [-0.15, -0.1) is 0 Å². The van der Waals surface area contributed by atoms with E-state index in [1.54, 1.807) is 0 Å². The minimum Gasteiger partial charge on any atom is -0.384 e. The minimum absolute atomic E-state index is 0.293. The zero-order valence-corrected chi connectivity index (χ0v) is 11.4. The summed E-state index contributed by atoms with van der Waals surface area (Å²) in [5.74, 6) is 4.00. The summed E-state index contributed by atoms with van der Waals surface area (Å²) < 4.78 is 45.4. The van der Waals surface area contributed by atoms with Crippen molar-refractivity contribution in [2.24, 2.45) is 0 Å². The molecule has 2 rings (SSSR count). The quantitative estimate of drug-likeness (QED) is 0.784. The van der Waals surface area contributed by atoms with E-state index in [0.717, 1.165) is 12.1 Å². The van der Waals surface area contributed by atoms with E-state index in [1.165, 1.54) is 6.07 Å². The first-order valence-corrected chi connectivity index (χ1v) is 7.50. The molecule has 1 atom stereocenters. The summed E-state index contributed by atoms with van der Waals surface area (Å²) >= 11 is 0. The van der Waals surface area contributed by atoms with Crippen LogP contribution in [0.5, 0.6) is 0 Å². The highest BCUT2D eigenvalue weighted by molar-refractivity contribution is 7.89. The molecule has 1 saturated heterocycles. The second-order valence-electron chi connectivity index (χ2n) is 4.29. The van der Waals surface area contributed by atoms with Crippen LogP contribution in [0.1, 0.15) is 12.0 Å². The van der Waals surface area contributed by atoms with Gasteiger partial charge < -0.3 is 9.84 Å². The monoisotopic (exact) mass is 299 g/mol. The number of aliphatic hydroxyl groups is 1. The van der Waals surface area contributed by atoms with Crippen molar-refractivity contribution in [3.05, 3.63) is 29.6 Å². The van der Waals surface area contributed by atoms with Gasteiger partial charge in [0.2, 0.25) is 10.0 Å². The minimum atomic E-state index is -3.91. The third kappa shape index (κ3) is 3.55. The summed E-state index contributed by atoms with van der Waals surface area (Å²) in [5.41, 5.74) is 0.305. The van der Waals surface area contributed by atoms with Crippen LogP contribution in [0.25, 0.3) is 0 Å². The summed E-state index contributed by atoms with van der Waals surface area (Å²) in [7, 11) is -3.91. The van der Waals surface area contributed by atoms with Crippen LogP contribution in [-0.2, 0) is 14.8 Å². The molecule has 1 unspecified atom stereocenters. The van der Waals surface area contributed by atoms with Crippen molar-refractivity contribution in [1.29, 1.82) is 0 Å². The number of ether oxygens (including phenoxy) is 1. The molecule has 1 aromatic carbocycles. The SMILES string of the molecule is O=S(=O)(NC1CCOC1)c1ccc(C#CCO)cc1F. The Kier molecular flexibility index (Phi) is 4.73. The van der Waals surface area contributed by atoms with E-state index in [2.05, 4.69) is 16.6 Å². The molecule has 0 amide bonds. The van der Waals surface area contributed by atoms with Gasteiger partial charge in [0, 0.05) is 18.2 Å². The Morgan fingerprint density at radius 2 is 2.30 bits per heavy atom. The molecule has 1 aliphatic heterocycles. The van der Waals surface area contributed by atoms with Gasteiger partial charge >= 0.3 is 0 Å². The maximum absolute atomic E-state index is 13.9. The third-order valence-corrected chi connectivity index (χ3v) is 4.34. The van der Waals surface area contributed by atoms with Crippen LogP contribution in [-0.4, -0.2) is 39.4 Å². The van der Waals surface area contributed by atoms with Crippen LogP contribution in [0, 0.1) is 17.7 Å². The fraction of sp³-hybridized carbons (Fsp3) is 0.385. The molecule has 0 saturated carbocycles. The molecule has 1 fully saturated rings. The molecular weight excluding hydrogens is 285 g/mol. The number of halogens is 1. The fourth-order valence-corrected chi connectivity index (χ4v) is 3.16. The van der Waals surface area contributed by atoms with Gasteiger partial charge in [-0.3, -0.25) is 0 Å². The third-order valence-electron chi connectivity index (χ3n) is 2.78. The Balaban J connectivity index is 2.23. The average Bonchev–Trinajstić information content (AvgIpc) is 2.88. The van der Waals surface area contributed by atoms with Crippen molar-refractivity contribution >= 4 is 10.0 Å². The van der Waals surface area contributed by atoms with E-state index in [4.69, 9.17) is 9.84 Å². The van der Waals surface area contributed by atoms with Crippen molar-refractivity contribution < 1.29 is 22.7 Å². The van der Waals surface area contributed by atoms with Crippen molar-refractivity contribution in [3.8, 4) is 11.8 Å². The molecule has 1 aromatic rings. The summed E-state index contributed by atoms with van der Waals surface area (Å²) in [6.07, 6.45) is 0.570. The second-order valence-corrected chi connectivity index (χ2v) is 5.97. The number of sulfonamides is 1. The second kappa shape index (κ2) is 6.33. The highest BCUT2D eigenvalue weighted by Crippen LogP contribution is 2.17. The Hall–Kier alpha value is -1.46. The van der Waals surface area contributed by atoms with E-state index in [9.17, 15) is 12.8 Å². The van der Waals surface area contributed by atoms with E-state index < -0.39 is 20.7 Å². The highest BCUT2D eigenvalue weighted by atomic mass is 32.2. The van der Waals surface area contributed by atoms with E-state index in [1.807, 2.05) is 0 Å². The van der Waals surface area contributed by atoms with E-state index in [0.29, 0.717) is 25.2 Å². The van der Waals surface area contributed by atoms with Gasteiger partial charge in [0.25, 0.3) is 0 Å². The smallest absolute Gasteiger partial charge is 0.243 e. The fourth-order valence-electron chi connectivity index (χ4n) is 1.85. The van der Waals surface area contributed by atoms with Crippen LogP contribution in [0.3, 0.4) is 0 Å². The Bertz CT molecular complexity index is 642. The summed E-state index contributed by atoms with van der Waals surface area (Å²) in [5, 5.41) is 8.55. The summed E-state index contributed by atoms with van der Waals surface area (Å²) in [6.45, 7) is 0.442. The first-order chi connectivity index (χ1) is 9.53. The Morgan fingerprint density at radius 1 is 1.50 bits per heavy atom. The van der Waals surface area contributed by atoms with Gasteiger partial charge in [0.15, 0.2) is 0 Å². The predicted molar refractivity (Wildman–Crippen MR) is 69.9 cm³/mol. The molecule has 0 radical (unpaired) electrons. The molecule has 7 heteroatoms. The normalized spacial score (nSPS) is 18.6. The first-order valence-electron chi connectivity index (χ1n) is 6.02. The number of nitrogens with one attached hydrogen (secondary N) is 1. The molecule has 1 aliphatic rings. The van der Waals surface area contributed by atoms with Crippen LogP contribution in [0.15, 0.2) is 23.1 Å². The van der Waals surface area contributed by atoms with Gasteiger partial charge in [-0.1, -0.05) is 11.8 Å². The molecule has 0 bridgehead atoms. The Labute approximate surface area is 116 Å². The molecule has 0 spiro atoms. The molecule has 5 nitrogen and oxygen atoms in total. The van der Waals surface area contributed by atoms with Crippen molar-refractivity contribution in [2.75, 3.05) is 19.8 Å². The molecular formula is C13H14FNO4S. The van der Waals surface area contributed by atoms with Crippen LogP contribution >= 0.6 is 0 Å². The van der Waals surface area contributed by atoms with Crippen LogP contribution in [0.4, 0.5) is 4.39 Å². The maximum atomic E-state index is 13.9. The number of aliphatic hydroxyl groups excluding tert-OH is 1. The van der Waals surface area contributed by atoms with E-state index in [-0.39, 0.29) is 12.6 Å². The van der Waals surface area contributed by atoms with Crippen molar-refractivity contribution in [1.82, 2.24) is 4.72 Å². The number of hydrogen-bond acceptors (Lipinski definition) is 4. The van der Waals surface area contributed by atoms with Gasteiger partial charge in [-0.25, -0.2) is 17.5 Å². The molecule has 108 valence electrons. The molecule has 0 aliphatic carbocycles. The van der Waals surface area contributed by atoms with Crippen molar-refractivity contribution in [3.63, 3.8) is 0 Å². The first kappa shape index (κ1) is 14.9. The molecule has 2 N–H and O–H groups in total. The summed E-state index contributed by atoms with van der Waals surface area (Å²) in [6, 6.07) is 3.26. The van der Waals surface area contributed by atoms with Crippen molar-refractivity contribution in [2.45, 2.75) is 17.4 Å². The number of hydrogen-bond donors (Lipinski definition) is 2. The Morgan fingerprint density at radius 3 is 2.90 bits per heavy atom. The lowest BCUT2D eigenvalue weighted by Crippen LogP contribution is -2.35. The molecule has 1 heterocycles. The number of benzene rings is 1. The van der Waals surface area contributed by atoms with Gasteiger partial charge in [-0.2, -0.15) is 0 Å². The standard InChI is InChI=1S/C13H14FNO4S/c14-12-8-10(2-1-6-16)3-4-13(12)20(17,18)15-11-5-7-19-9-11/h3-4,8,11,15-16H,5-7,9H2. The largest absolute Gasteiger partial charge is 0.384 e. The van der Waals surface area contributed by atoms with Gasteiger partial charge in [-0.05, 0) is 24.6 Å². The maximum Gasteiger partial charge on any atom is 0.243 e. The van der Waals surface area contributed by atoms with Crippen LogP contribution < -0.4 is 4.72 Å².